The monoisotopic (exact) mass is 769 g/mol. The van der Waals surface area contributed by atoms with Crippen molar-refractivity contribution < 1.29 is 34.1 Å². The molecule has 5 rings (SSSR count). The summed E-state index contributed by atoms with van der Waals surface area (Å²) in [6.45, 7) is 2.87. The van der Waals surface area contributed by atoms with Crippen molar-refractivity contribution in [3.05, 3.63) is 90.8 Å². The highest BCUT2D eigenvalue weighted by atomic mass is 16.5. The molecular weight excluding hydrogens is 715 g/mol. The summed E-state index contributed by atoms with van der Waals surface area (Å²) in [6.07, 6.45) is 9.29. The van der Waals surface area contributed by atoms with E-state index in [0.717, 1.165) is 42.9 Å². The van der Waals surface area contributed by atoms with Crippen LogP contribution in [0.15, 0.2) is 79.4 Å². The smallest absolute Gasteiger partial charge is 0.258 e. The molecule has 0 saturated heterocycles. The zero-order valence-corrected chi connectivity index (χ0v) is 32.2. The topological polar surface area (TPSA) is 208 Å². The van der Waals surface area contributed by atoms with Gasteiger partial charge in [-0.05, 0) is 48.3 Å². The predicted molar refractivity (Wildman–Crippen MR) is 211 cm³/mol. The Morgan fingerprint density at radius 1 is 0.893 bits per heavy atom. The Labute approximate surface area is 327 Å². The van der Waals surface area contributed by atoms with Crippen LogP contribution in [0.5, 0.6) is 5.75 Å². The Morgan fingerprint density at radius 2 is 1.66 bits per heavy atom. The van der Waals surface area contributed by atoms with Gasteiger partial charge in [0.1, 0.15) is 17.8 Å². The lowest BCUT2D eigenvalue weighted by atomic mass is 9.81. The van der Waals surface area contributed by atoms with Crippen molar-refractivity contribution in [3.63, 3.8) is 0 Å². The van der Waals surface area contributed by atoms with Gasteiger partial charge in [0, 0.05) is 35.8 Å². The van der Waals surface area contributed by atoms with Crippen molar-refractivity contribution >= 4 is 34.4 Å². The lowest BCUT2D eigenvalue weighted by Crippen LogP contribution is -2.55. The van der Waals surface area contributed by atoms with Crippen LogP contribution in [0.1, 0.15) is 70.2 Å². The SMILES string of the molecule is CC(C)[C@H](C[C@H](O)[C@H](CC1CCCCC1)NC(=O)[C@H](Cc1cnc[nH]1)NC(=O)COc1cccc2ccccc12)C(=O)N[C@@H](CO)C(=O)NCc1ccccn1. The van der Waals surface area contributed by atoms with Crippen LogP contribution in [-0.4, -0.2) is 86.2 Å². The largest absolute Gasteiger partial charge is 0.483 e. The number of aromatic nitrogens is 3. The first kappa shape index (κ1) is 41.8. The highest BCUT2D eigenvalue weighted by Gasteiger charge is 2.35. The lowest BCUT2D eigenvalue weighted by molar-refractivity contribution is -0.134. The first-order valence-corrected chi connectivity index (χ1v) is 19.6. The predicted octanol–water partition coefficient (Wildman–Crippen LogP) is 3.34. The Bertz CT molecular complexity index is 1850. The number of aliphatic hydroxyl groups excluding tert-OH is 2. The van der Waals surface area contributed by atoms with Crippen molar-refractivity contribution in [3.8, 4) is 5.75 Å². The van der Waals surface area contributed by atoms with Crippen LogP contribution < -0.4 is 26.0 Å². The maximum absolute atomic E-state index is 14.1. The molecule has 2 heterocycles. The van der Waals surface area contributed by atoms with Crippen molar-refractivity contribution in [1.82, 2.24) is 36.2 Å². The first-order chi connectivity index (χ1) is 27.1. The van der Waals surface area contributed by atoms with E-state index >= 15 is 0 Å². The van der Waals surface area contributed by atoms with Crippen molar-refractivity contribution in [1.29, 1.82) is 0 Å². The Hall–Kier alpha value is -5.34. The van der Waals surface area contributed by atoms with Crippen LogP contribution in [-0.2, 0) is 32.1 Å². The molecule has 2 aromatic carbocycles. The van der Waals surface area contributed by atoms with Gasteiger partial charge in [-0.1, -0.05) is 88.4 Å². The second-order valence-electron chi connectivity index (χ2n) is 15.0. The van der Waals surface area contributed by atoms with Crippen LogP contribution in [0.4, 0.5) is 0 Å². The number of aromatic amines is 1. The number of imidazole rings is 1. The minimum Gasteiger partial charge on any atom is -0.483 e. The molecule has 1 saturated carbocycles. The van der Waals surface area contributed by atoms with Gasteiger partial charge in [0.2, 0.25) is 17.7 Å². The number of hydrogen-bond donors (Lipinski definition) is 7. The number of fused-ring (bicyclic) bond motifs is 1. The molecule has 2 aromatic heterocycles. The van der Waals surface area contributed by atoms with Gasteiger partial charge in [-0.3, -0.25) is 24.2 Å². The number of nitrogens with zero attached hydrogens (tertiary/aromatic N) is 2. The van der Waals surface area contributed by atoms with E-state index in [4.69, 9.17) is 4.74 Å². The number of amides is 4. The molecule has 0 spiro atoms. The molecule has 5 atom stereocenters. The van der Waals surface area contributed by atoms with Gasteiger partial charge in [-0.2, -0.15) is 0 Å². The molecule has 1 aliphatic rings. The summed E-state index contributed by atoms with van der Waals surface area (Å²) in [5.74, 6) is -2.25. The fourth-order valence-corrected chi connectivity index (χ4v) is 7.29. The number of rotatable bonds is 20. The molecule has 300 valence electrons. The molecule has 4 aromatic rings. The van der Waals surface area contributed by atoms with Crippen molar-refractivity contribution in [2.75, 3.05) is 13.2 Å². The summed E-state index contributed by atoms with van der Waals surface area (Å²) in [5.41, 5.74) is 1.25. The van der Waals surface area contributed by atoms with Crippen LogP contribution in [0, 0.1) is 17.8 Å². The first-order valence-electron chi connectivity index (χ1n) is 19.6. The van der Waals surface area contributed by atoms with Gasteiger partial charge < -0.3 is 41.2 Å². The van der Waals surface area contributed by atoms with Crippen LogP contribution in [0.3, 0.4) is 0 Å². The molecular formula is C42H55N7O7. The molecule has 7 N–H and O–H groups in total. The van der Waals surface area contributed by atoms with Gasteiger partial charge in [0.15, 0.2) is 6.61 Å². The van der Waals surface area contributed by atoms with Crippen molar-refractivity contribution in [2.24, 2.45) is 17.8 Å². The molecule has 0 aliphatic heterocycles. The molecule has 4 amide bonds. The number of ether oxygens (including phenoxy) is 1. The third kappa shape index (κ3) is 12.3. The Morgan fingerprint density at radius 3 is 2.38 bits per heavy atom. The number of carbonyl (C=O) groups excluding carboxylic acids is 4. The third-order valence-corrected chi connectivity index (χ3v) is 10.5. The molecule has 1 fully saturated rings. The second kappa shape index (κ2) is 21.1. The van der Waals surface area contributed by atoms with E-state index in [-0.39, 0.29) is 37.8 Å². The maximum Gasteiger partial charge on any atom is 0.258 e. The minimum absolute atomic E-state index is 0.00862. The maximum atomic E-state index is 14.1. The highest BCUT2D eigenvalue weighted by molar-refractivity contribution is 5.91. The summed E-state index contributed by atoms with van der Waals surface area (Å²) in [7, 11) is 0. The minimum atomic E-state index is -1.21. The van der Waals surface area contributed by atoms with E-state index in [1.165, 1.54) is 6.33 Å². The summed E-state index contributed by atoms with van der Waals surface area (Å²) >= 11 is 0. The average molecular weight is 770 g/mol. The van der Waals surface area contributed by atoms with Gasteiger partial charge in [0.25, 0.3) is 5.91 Å². The number of pyridine rings is 1. The number of nitrogens with one attached hydrogen (secondary N) is 5. The Kier molecular flexibility index (Phi) is 15.8. The van der Waals surface area contributed by atoms with Gasteiger partial charge in [-0.15, -0.1) is 0 Å². The summed E-state index contributed by atoms with van der Waals surface area (Å²) < 4.78 is 5.90. The van der Waals surface area contributed by atoms with E-state index in [1.54, 1.807) is 36.7 Å². The van der Waals surface area contributed by atoms with Gasteiger partial charge >= 0.3 is 0 Å². The molecule has 0 bridgehead atoms. The van der Waals surface area contributed by atoms with Gasteiger partial charge in [0.05, 0.1) is 37.3 Å². The zero-order chi connectivity index (χ0) is 39.9. The number of benzene rings is 2. The van der Waals surface area contributed by atoms with Crippen LogP contribution >= 0.6 is 0 Å². The van der Waals surface area contributed by atoms with E-state index in [9.17, 15) is 29.4 Å². The van der Waals surface area contributed by atoms with E-state index in [2.05, 4.69) is 36.2 Å². The molecule has 0 radical (unpaired) electrons. The Balaban J connectivity index is 1.26. The average Bonchev–Trinajstić information content (AvgIpc) is 3.73. The number of aliphatic hydroxyl groups is 2. The number of hydrogen-bond acceptors (Lipinski definition) is 9. The van der Waals surface area contributed by atoms with E-state index in [1.807, 2.05) is 50.2 Å². The molecule has 14 heteroatoms. The fraction of sp³-hybridized carbons (Fsp3) is 0.476. The van der Waals surface area contributed by atoms with E-state index < -0.39 is 60.4 Å². The van der Waals surface area contributed by atoms with Crippen LogP contribution in [0.25, 0.3) is 10.8 Å². The number of H-pyrrole nitrogens is 1. The fourth-order valence-electron chi connectivity index (χ4n) is 7.29. The third-order valence-electron chi connectivity index (χ3n) is 10.5. The summed E-state index contributed by atoms with van der Waals surface area (Å²) in [4.78, 5) is 65.3. The summed E-state index contributed by atoms with van der Waals surface area (Å²) in [6, 6.07) is 15.6. The molecule has 0 unspecified atom stereocenters. The highest BCUT2D eigenvalue weighted by Crippen LogP contribution is 2.30. The zero-order valence-electron chi connectivity index (χ0n) is 32.2. The normalized spacial score (nSPS) is 15.9. The quantitative estimate of drug-likeness (QED) is 0.0703. The number of carbonyl (C=O) groups is 4. The molecule has 1 aliphatic carbocycles. The summed E-state index contributed by atoms with van der Waals surface area (Å²) in [5, 5.41) is 34.9. The van der Waals surface area contributed by atoms with Crippen LogP contribution in [0.2, 0.25) is 0 Å². The van der Waals surface area contributed by atoms with Crippen molar-refractivity contribution in [2.45, 2.75) is 96.0 Å². The molecule has 56 heavy (non-hydrogen) atoms. The standard InChI is InChI=1S/C42H55N7O7/c1-27(2)33(40(53)49-36(24-50)41(54)45-23-30-15-8-9-18-44-30)21-37(51)34(19-28-11-4-3-5-12-28)48-42(55)35(20-31-22-43-26-46-31)47-39(52)25-56-38-17-10-14-29-13-6-7-16-32(29)38/h6-10,13-18,22,26-28,33-37,50-51H,3-5,11-12,19-21,23-25H2,1-2H3,(H,43,46)(H,45,54)(H,47,52)(H,48,55)(H,49,53)/t33-,34-,35-,36-,37-/m0/s1. The van der Waals surface area contributed by atoms with Gasteiger partial charge in [-0.25, -0.2) is 4.98 Å². The second-order valence-corrected chi connectivity index (χ2v) is 15.0. The van der Waals surface area contributed by atoms with E-state index in [0.29, 0.717) is 23.6 Å². The lowest BCUT2D eigenvalue weighted by Gasteiger charge is -2.33. The molecule has 14 nitrogen and oxygen atoms in total.